The predicted molar refractivity (Wildman–Crippen MR) is 102 cm³/mol. The fourth-order valence-corrected chi connectivity index (χ4v) is 4.14. The number of benzene rings is 1. The molecule has 0 radical (unpaired) electrons. The fourth-order valence-electron chi connectivity index (χ4n) is 4.14. The normalized spacial score (nSPS) is 25.2. The van der Waals surface area contributed by atoms with Crippen LogP contribution in [0.1, 0.15) is 50.8 Å². The number of methoxy groups -OCH3 is 1. The molecule has 1 aromatic rings. The van der Waals surface area contributed by atoms with Gasteiger partial charge in [0.1, 0.15) is 0 Å². The highest BCUT2D eigenvalue weighted by atomic mass is 19.1. The standard InChI is InChI=1S/C21H31F2NO4/c1-21(2,3)28-18-12-24-8-6-13-14(15(24)11-16(18)25)10-17(26-4)20(19(13)23)27-9-5-7-22/h10,15-16,18,25H,5-9,11-12H2,1-4H3/t15-,16-,18-/m1/s1. The zero-order valence-corrected chi connectivity index (χ0v) is 17.1. The van der Waals surface area contributed by atoms with E-state index in [9.17, 15) is 9.50 Å². The monoisotopic (exact) mass is 399 g/mol. The Hall–Kier alpha value is -1.44. The van der Waals surface area contributed by atoms with Crippen molar-refractivity contribution >= 4 is 0 Å². The number of aliphatic hydroxyl groups is 1. The van der Waals surface area contributed by atoms with Crippen LogP contribution < -0.4 is 9.47 Å². The Morgan fingerprint density at radius 2 is 2.07 bits per heavy atom. The summed E-state index contributed by atoms with van der Waals surface area (Å²) in [7, 11) is 1.46. The summed E-state index contributed by atoms with van der Waals surface area (Å²) >= 11 is 0. The molecule has 158 valence electrons. The van der Waals surface area contributed by atoms with Crippen molar-refractivity contribution in [2.24, 2.45) is 0 Å². The first kappa shape index (κ1) is 21.3. The maximum atomic E-state index is 15.2. The second-order valence-electron chi connectivity index (χ2n) is 8.51. The molecule has 0 aromatic heterocycles. The smallest absolute Gasteiger partial charge is 0.197 e. The minimum Gasteiger partial charge on any atom is -0.493 e. The SMILES string of the molecule is COc1cc2c(c(F)c1OCCCF)CCN1C[C@@H](OC(C)(C)C)[C@H](O)C[C@H]21. The van der Waals surface area contributed by atoms with Crippen molar-refractivity contribution in [3.63, 3.8) is 0 Å². The Balaban J connectivity index is 1.86. The van der Waals surface area contributed by atoms with Gasteiger partial charge in [-0.25, -0.2) is 4.39 Å². The van der Waals surface area contributed by atoms with Crippen LogP contribution in [0, 0.1) is 5.82 Å². The molecule has 0 aliphatic carbocycles. The number of piperidine rings is 1. The minimum absolute atomic E-state index is 0.0495. The molecule has 3 rings (SSSR count). The Kier molecular flexibility index (Phi) is 6.47. The van der Waals surface area contributed by atoms with Crippen LogP contribution in [0.3, 0.4) is 0 Å². The van der Waals surface area contributed by atoms with E-state index in [1.54, 1.807) is 6.07 Å². The van der Waals surface area contributed by atoms with Crippen molar-refractivity contribution in [1.29, 1.82) is 0 Å². The van der Waals surface area contributed by atoms with Crippen LogP contribution in [-0.2, 0) is 11.2 Å². The summed E-state index contributed by atoms with van der Waals surface area (Å²) < 4.78 is 44.4. The second kappa shape index (κ2) is 8.51. The summed E-state index contributed by atoms with van der Waals surface area (Å²) in [6.45, 7) is 6.79. The maximum Gasteiger partial charge on any atom is 0.197 e. The van der Waals surface area contributed by atoms with E-state index in [1.165, 1.54) is 7.11 Å². The molecule has 0 saturated carbocycles. The van der Waals surface area contributed by atoms with Gasteiger partial charge in [0, 0.05) is 25.6 Å². The first-order valence-corrected chi connectivity index (χ1v) is 9.93. The molecule has 1 aromatic carbocycles. The summed E-state index contributed by atoms with van der Waals surface area (Å²) in [5.41, 5.74) is 1.08. The lowest BCUT2D eigenvalue weighted by Crippen LogP contribution is -2.53. The third-order valence-corrected chi connectivity index (χ3v) is 5.33. The molecule has 0 amide bonds. The molecule has 2 heterocycles. The number of hydrogen-bond acceptors (Lipinski definition) is 5. The summed E-state index contributed by atoms with van der Waals surface area (Å²) in [5, 5.41) is 10.7. The Morgan fingerprint density at radius 3 is 2.71 bits per heavy atom. The van der Waals surface area contributed by atoms with E-state index in [2.05, 4.69) is 4.90 Å². The molecule has 1 N–H and O–H groups in total. The third-order valence-electron chi connectivity index (χ3n) is 5.33. The van der Waals surface area contributed by atoms with Crippen molar-refractivity contribution in [1.82, 2.24) is 4.90 Å². The molecule has 2 aliphatic heterocycles. The van der Waals surface area contributed by atoms with Gasteiger partial charge in [0.2, 0.25) is 0 Å². The van der Waals surface area contributed by atoms with Gasteiger partial charge in [-0.05, 0) is 50.8 Å². The summed E-state index contributed by atoms with van der Waals surface area (Å²) in [5.74, 6) is -0.0802. The van der Waals surface area contributed by atoms with E-state index < -0.39 is 18.6 Å². The van der Waals surface area contributed by atoms with Crippen LogP contribution in [-0.4, -0.2) is 61.3 Å². The molecule has 5 nitrogen and oxygen atoms in total. The molecular weight excluding hydrogens is 368 g/mol. The lowest BCUT2D eigenvalue weighted by molar-refractivity contribution is -0.149. The molecule has 0 unspecified atom stereocenters. The number of rotatable bonds is 6. The molecule has 0 bridgehead atoms. The predicted octanol–water partition coefficient (Wildman–Crippen LogP) is 3.42. The maximum absolute atomic E-state index is 15.2. The average Bonchev–Trinajstić information content (AvgIpc) is 2.63. The molecule has 3 atom stereocenters. The van der Waals surface area contributed by atoms with Gasteiger partial charge in [-0.1, -0.05) is 0 Å². The van der Waals surface area contributed by atoms with Crippen molar-refractivity contribution in [3.8, 4) is 11.5 Å². The topological polar surface area (TPSA) is 51.2 Å². The van der Waals surface area contributed by atoms with Crippen LogP contribution in [0.15, 0.2) is 6.07 Å². The van der Waals surface area contributed by atoms with Gasteiger partial charge in [-0.15, -0.1) is 0 Å². The quantitative estimate of drug-likeness (QED) is 0.743. The van der Waals surface area contributed by atoms with E-state index in [1.807, 2.05) is 20.8 Å². The first-order valence-electron chi connectivity index (χ1n) is 9.93. The lowest BCUT2D eigenvalue weighted by Gasteiger charge is -2.46. The largest absolute Gasteiger partial charge is 0.493 e. The van der Waals surface area contributed by atoms with Gasteiger partial charge in [-0.3, -0.25) is 9.29 Å². The molecule has 1 saturated heterocycles. The third kappa shape index (κ3) is 4.42. The van der Waals surface area contributed by atoms with Gasteiger partial charge in [0.25, 0.3) is 0 Å². The van der Waals surface area contributed by atoms with Gasteiger partial charge < -0.3 is 19.3 Å². The van der Waals surface area contributed by atoms with Crippen LogP contribution in [0.2, 0.25) is 0 Å². The number of hydrogen-bond donors (Lipinski definition) is 1. The van der Waals surface area contributed by atoms with Gasteiger partial charge in [-0.2, -0.15) is 0 Å². The van der Waals surface area contributed by atoms with E-state index >= 15 is 4.39 Å². The van der Waals surface area contributed by atoms with E-state index in [0.717, 1.165) is 5.56 Å². The van der Waals surface area contributed by atoms with Crippen molar-refractivity contribution in [3.05, 3.63) is 23.0 Å². The van der Waals surface area contributed by atoms with E-state index in [0.29, 0.717) is 37.2 Å². The molecule has 1 fully saturated rings. The second-order valence-corrected chi connectivity index (χ2v) is 8.51. The Labute approximate surface area is 165 Å². The van der Waals surface area contributed by atoms with E-state index in [4.69, 9.17) is 14.2 Å². The van der Waals surface area contributed by atoms with Crippen LogP contribution in [0.25, 0.3) is 0 Å². The van der Waals surface area contributed by atoms with Crippen LogP contribution in [0.5, 0.6) is 11.5 Å². The molecular formula is C21H31F2NO4. The number of ether oxygens (including phenoxy) is 3. The zero-order valence-electron chi connectivity index (χ0n) is 17.1. The van der Waals surface area contributed by atoms with Crippen LogP contribution in [0.4, 0.5) is 8.78 Å². The Morgan fingerprint density at radius 1 is 1.32 bits per heavy atom. The van der Waals surface area contributed by atoms with Crippen LogP contribution >= 0.6 is 0 Å². The zero-order chi connectivity index (χ0) is 20.5. The van der Waals surface area contributed by atoms with Gasteiger partial charge in [0.05, 0.1) is 38.2 Å². The molecule has 0 spiro atoms. The number of halogens is 2. The number of nitrogens with zero attached hydrogens (tertiary/aromatic N) is 1. The highest BCUT2D eigenvalue weighted by Crippen LogP contribution is 2.44. The van der Waals surface area contributed by atoms with Crippen molar-refractivity contribution in [2.45, 2.75) is 63.9 Å². The number of alkyl halides is 1. The molecule has 7 heteroatoms. The molecule has 28 heavy (non-hydrogen) atoms. The van der Waals surface area contributed by atoms with Crippen molar-refractivity contribution < 1.29 is 28.1 Å². The van der Waals surface area contributed by atoms with Gasteiger partial charge in [0.15, 0.2) is 17.3 Å². The highest BCUT2D eigenvalue weighted by Gasteiger charge is 2.41. The van der Waals surface area contributed by atoms with Crippen molar-refractivity contribution in [2.75, 3.05) is 33.5 Å². The number of fused-ring (bicyclic) bond motifs is 3. The molecule has 2 aliphatic rings. The minimum atomic E-state index is -0.624. The Bertz CT molecular complexity index is 692. The summed E-state index contributed by atoms with van der Waals surface area (Å²) in [6, 6.07) is 1.71. The van der Waals surface area contributed by atoms with Gasteiger partial charge >= 0.3 is 0 Å². The highest BCUT2D eigenvalue weighted by molar-refractivity contribution is 5.51. The lowest BCUT2D eigenvalue weighted by atomic mass is 9.84. The van der Waals surface area contributed by atoms with E-state index in [-0.39, 0.29) is 36.5 Å². The fraction of sp³-hybridized carbons (Fsp3) is 0.714. The number of aliphatic hydroxyl groups excluding tert-OH is 1. The first-order chi connectivity index (χ1) is 13.2. The summed E-state index contributed by atoms with van der Waals surface area (Å²) in [6.07, 6.45) is 0.323. The average molecular weight is 399 g/mol. The summed E-state index contributed by atoms with van der Waals surface area (Å²) in [4.78, 5) is 2.24.